The molecule has 94 valence electrons. The summed E-state index contributed by atoms with van der Waals surface area (Å²) in [5, 5.41) is 11.1. The fourth-order valence-electron chi connectivity index (χ4n) is 0.839. The Hall–Kier alpha value is -1.77. The fourth-order valence-corrected chi connectivity index (χ4v) is 1.27. The summed E-state index contributed by atoms with van der Waals surface area (Å²) in [6, 6.07) is 4.63. The molecule has 0 bridgehead atoms. The lowest BCUT2D eigenvalue weighted by Gasteiger charge is -2.11. The van der Waals surface area contributed by atoms with Gasteiger partial charge in [-0.15, -0.1) is 0 Å². The number of hydrogen-bond donors (Lipinski definition) is 1. The quantitative estimate of drug-likeness (QED) is 0.471. The van der Waals surface area contributed by atoms with Gasteiger partial charge in [-0.2, -0.15) is 26.0 Å². The molecule has 1 rings (SSSR count). The molecular formula is C8H6F3N2O3S-. The van der Waals surface area contributed by atoms with Crippen LogP contribution in [0.2, 0.25) is 0 Å². The summed E-state index contributed by atoms with van der Waals surface area (Å²) in [7, 11) is -5.81. The Kier molecular flexibility index (Phi) is 3.32. The van der Waals surface area contributed by atoms with E-state index in [1.54, 1.807) is 0 Å². The number of nitrogens with two attached hydrogens (primary N) is 1. The lowest BCUT2D eigenvalue weighted by molar-refractivity contribution is -0.212. The predicted octanol–water partition coefficient (Wildman–Crippen LogP) is 0.225. The first kappa shape index (κ1) is 13.3. The minimum Gasteiger partial charge on any atom is -0.858 e. The normalized spacial score (nSPS) is 13.7. The molecule has 0 heterocycles. The Morgan fingerprint density at radius 1 is 1.24 bits per heavy atom. The largest absolute Gasteiger partial charge is 0.858 e. The maximum absolute atomic E-state index is 11.9. The van der Waals surface area contributed by atoms with Crippen LogP contribution in [0.4, 0.5) is 18.9 Å². The number of anilines is 1. The second kappa shape index (κ2) is 4.24. The first-order chi connectivity index (χ1) is 7.63. The van der Waals surface area contributed by atoms with E-state index in [0.717, 1.165) is 12.1 Å². The Labute approximate surface area is 94.4 Å². The Morgan fingerprint density at radius 3 is 2.12 bits per heavy atom. The lowest BCUT2D eigenvalue weighted by atomic mass is 10.2. The van der Waals surface area contributed by atoms with E-state index in [4.69, 9.17) is 5.73 Å². The van der Waals surface area contributed by atoms with Crippen molar-refractivity contribution in [2.45, 2.75) is 5.51 Å². The third-order valence-electron chi connectivity index (χ3n) is 1.65. The van der Waals surface area contributed by atoms with Crippen molar-refractivity contribution < 1.29 is 26.7 Å². The highest BCUT2D eigenvalue weighted by atomic mass is 32.2. The molecule has 0 saturated carbocycles. The summed E-state index contributed by atoms with van der Waals surface area (Å²) in [4.78, 5) is 0. The SMILES string of the molecule is Nc1ccc(/C([O-])=N/S(=O)(=O)C(F)(F)F)cc1. The third-order valence-corrected chi connectivity index (χ3v) is 2.64. The van der Waals surface area contributed by atoms with Crippen LogP contribution < -0.4 is 10.8 Å². The highest BCUT2D eigenvalue weighted by Gasteiger charge is 2.45. The average molecular weight is 267 g/mol. The zero-order valence-corrected chi connectivity index (χ0v) is 8.92. The molecular weight excluding hydrogens is 261 g/mol. The van der Waals surface area contributed by atoms with Gasteiger partial charge >= 0.3 is 15.5 Å². The Bertz CT molecular complexity index is 534. The molecule has 0 spiro atoms. The van der Waals surface area contributed by atoms with Crippen molar-refractivity contribution in [1.82, 2.24) is 0 Å². The molecule has 2 N–H and O–H groups in total. The van der Waals surface area contributed by atoms with Crippen LogP contribution in [0.1, 0.15) is 5.56 Å². The van der Waals surface area contributed by atoms with Crippen LogP contribution in [0.5, 0.6) is 0 Å². The number of halogens is 3. The van der Waals surface area contributed by atoms with Crippen molar-refractivity contribution >= 4 is 21.6 Å². The van der Waals surface area contributed by atoms with Crippen LogP contribution in [0.15, 0.2) is 28.7 Å². The van der Waals surface area contributed by atoms with Crippen molar-refractivity contribution in [2.75, 3.05) is 5.73 Å². The first-order valence-corrected chi connectivity index (χ1v) is 5.51. The van der Waals surface area contributed by atoms with Gasteiger partial charge in [0.1, 0.15) is 0 Å². The van der Waals surface area contributed by atoms with Crippen LogP contribution in [0, 0.1) is 0 Å². The summed E-state index contributed by atoms with van der Waals surface area (Å²) in [6.45, 7) is 0. The van der Waals surface area contributed by atoms with Crippen molar-refractivity contribution in [1.29, 1.82) is 0 Å². The molecule has 0 fully saturated rings. The monoisotopic (exact) mass is 267 g/mol. The molecule has 0 aliphatic rings. The summed E-state index contributed by atoms with van der Waals surface area (Å²) in [5.74, 6) is -1.50. The Balaban J connectivity index is 3.14. The fraction of sp³-hybridized carbons (Fsp3) is 0.125. The van der Waals surface area contributed by atoms with E-state index in [1.807, 2.05) is 0 Å². The highest BCUT2D eigenvalue weighted by Crippen LogP contribution is 2.24. The van der Waals surface area contributed by atoms with Crippen LogP contribution >= 0.6 is 0 Å². The smallest absolute Gasteiger partial charge is 0.518 e. The molecule has 17 heavy (non-hydrogen) atoms. The molecule has 0 amide bonds. The number of alkyl halides is 3. The van der Waals surface area contributed by atoms with Crippen LogP contribution in [0.3, 0.4) is 0 Å². The van der Waals surface area contributed by atoms with Gasteiger partial charge in [-0.1, -0.05) is 12.1 Å². The number of rotatable bonds is 2. The van der Waals surface area contributed by atoms with Gasteiger partial charge in [0.2, 0.25) is 0 Å². The second-order valence-corrected chi connectivity index (χ2v) is 4.53. The summed E-state index contributed by atoms with van der Waals surface area (Å²) >= 11 is 0. The van der Waals surface area contributed by atoms with E-state index in [1.165, 1.54) is 12.1 Å². The van der Waals surface area contributed by atoms with Gasteiger partial charge in [-0.3, -0.25) is 0 Å². The molecule has 0 saturated heterocycles. The number of nitrogen functional groups attached to an aromatic ring is 1. The maximum Gasteiger partial charge on any atom is 0.518 e. The zero-order chi connectivity index (χ0) is 13.3. The van der Waals surface area contributed by atoms with Crippen molar-refractivity contribution in [3.63, 3.8) is 0 Å². The molecule has 0 aliphatic heterocycles. The second-order valence-electron chi connectivity index (χ2n) is 2.94. The number of benzene rings is 1. The molecule has 1 aromatic carbocycles. The molecule has 0 unspecified atom stereocenters. The lowest BCUT2D eigenvalue weighted by Crippen LogP contribution is -2.27. The summed E-state index contributed by atoms with van der Waals surface area (Å²) in [6.07, 6.45) is 0. The van der Waals surface area contributed by atoms with E-state index >= 15 is 0 Å². The van der Waals surface area contributed by atoms with Gasteiger partial charge in [0, 0.05) is 11.6 Å². The van der Waals surface area contributed by atoms with Gasteiger partial charge in [0.15, 0.2) is 0 Å². The number of nitrogens with zero attached hydrogens (tertiary/aromatic N) is 1. The molecule has 5 nitrogen and oxygen atoms in total. The average Bonchev–Trinajstić information content (AvgIpc) is 2.16. The van der Waals surface area contributed by atoms with Crippen LogP contribution in [0.25, 0.3) is 0 Å². The van der Waals surface area contributed by atoms with Gasteiger partial charge in [0.05, 0.1) is 0 Å². The first-order valence-electron chi connectivity index (χ1n) is 4.07. The van der Waals surface area contributed by atoms with E-state index in [-0.39, 0.29) is 11.3 Å². The van der Waals surface area contributed by atoms with Crippen LogP contribution in [-0.4, -0.2) is 19.8 Å². The zero-order valence-electron chi connectivity index (χ0n) is 8.10. The van der Waals surface area contributed by atoms with E-state index < -0.39 is 21.4 Å². The molecule has 1 aromatic rings. The van der Waals surface area contributed by atoms with Crippen molar-refractivity contribution in [3.8, 4) is 0 Å². The van der Waals surface area contributed by atoms with Gasteiger partial charge < -0.3 is 10.8 Å². The standard InChI is InChI=1S/C8H7F3N2O3S/c9-8(10,11)17(15,16)13-7(14)5-1-3-6(12)4-2-5/h1-4H,12H2,(H,13,14)/p-1. The number of sulfonamides is 1. The van der Waals surface area contributed by atoms with E-state index in [2.05, 4.69) is 4.40 Å². The highest BCUT2D eigenvalue weighted by molar-refractivity contribution is 7.91. The predicted molar refractivity (Wildman–Crippen MR) is 52.4 cm³/mol. The molecule has 0 atom stereocenters. The van der Waals surface area contributed by atoms with E-state index in [0.29, 0.717) is 0 Å². The van der Waals surface area contributed by atoms with Crippen molar-refractivity contribution in [2.24, 2.45) is 4.40 Å². The number of hydrogen-bond acceptors (Lipinski definition) is 4. The van der Waals surface area contributed by atoms with Gasteiger partial charge in [-0.25, -0.2) is 0 Å². The minimum absolute atomic E-state index is 0.278. The van der Waals surface area contributed by atoms with Crippen molar-refractivity contribution in [3.05, 3.63) is 29.8 Å². The topological polar surface area (TPSA) is 95.6 Å². The summed E-state index contributed by atoms with van der Waals surface area (Å²) in [5.41, 5.74) is -0.325. The van der Waals surface area contributed by atoms with Gasteiger partial charge in [0.25, 0.3) is 0 Å². The molecule has 0 aromatic heterocycles. The Morgan fingerprint density at radius 2 is 1.71 bits per heavy atom. The van der Waals surface area contributed by atoms with Crippen LogP contribution in [-0.2, 0) is 10.0 Å². The third kappa shape index (κ3) is 3.09. The van der Waals surface area contributed by atoms with E-state index in [9.17, 15) is 26.7 Å². The minimum atomic E-state index is -5.81. The molecule has 0 radical (unpaired) electrons. The maximum atomic E-state index is 11.9. The molecule has 9 heteroatoms. The van der Waals surface area contributed by atoms with Gasteiger partial charge in [-0.05, 0) is 17.7 Å². The summed E-state index contributed by atoms with van der Waals surface area (Å²) < 4.78 is 59.0. The molecule has 0 aliphatic carbocycles.